The fraction of sp³-hybridized carbons (Fsp3) is 1.00. The van der Waals surface area contributed by atoms with Crippen molar-refractivity contribution in [2.45, 2.75) is 58.4 Å². The van der Waals surface area contributed by atoms with Gasteiger partial charge in [0.25, 0.3) is 0 Å². The van der Waals surface area contributed by atoms with Crippen molar-refractivity contribution in [2.75, 3.05) is 46.3 Å². The first-order valence-electron chi connectivity index (χ1n) is 9.30. The lowest BCUT2D eigenvalue weighted by molar-refractivity contribution is 0.0380. The van der Waals surface area contributed by atoms with E-state index in [0.29, 0.717) is 0 Å². The van der Waals surface area contributed by atoms with Gasteiger partial charge in [0.2, 0.25) is 0 Å². The molecule has 0 aliphatic carbocycles. The van der Waals surface area contributed by atoms with Crippen LogP contribution in [0.5, 0.6) is 0 Å². The summed E-state index contributed by atoms with van der Waals surface area (Å²) in [6.07, 6.45) is 8.39. The molecule has 2 atom stereocenters. The number of piperidine rings is 2. The van der Waals surface area contributed by atoms with Crippen molar-refractivity contribution in [3.63, 3.8) is 0 Å². The molecule has 124 valence electrons. The normalized spacial score (nSPS) is 28.0. The van der Waals surface area contributed by atoms with E-state index in [1.807, 2.05) is 0 Å². The first kappa shape index (κ1) is 17.2. The van der Waals surface area contributed by atoms with Gasteiger partial charge >= 0.3 is 0 Å². The first-order valence-corrected chi connectivity index (χ1v) is 9.30. The summed E-state index contributed by atoms with van der Waals surface area (Å²) in [6.45, 7) is 12.3. The molecule has 2 aliphatic heterocycles. The van der Waals surface area contributed by atoms with Crippen LogP contribution in [-0.4, -0.2) is 62.2 Å². The Morgan fingerprint density at radius 3 is 2.76 bits per heavy atom. The standard InChI is InChI=1S/C18H37N3/c1-16(2)14-19-10-5-4-6-12-21-13-9-18-17(15-21)8-7-11-20(18)3/h16-19H,4-15H2,1-3H3. The molecule has 2 rings (SSSR count). The van der Waals surface area contributed by atoms with Gasteiger partial charge in [-0.05, 0) is 83.7 Å². The third kappa shape index (κ3) is 5.88. The zero-order valence-corrected chi connectivity index (χ0v) is 14.6. The molecule has 0 aromatic carbocycles. The maximum absolute atomic E-state index is 3.55. The van der Waals surface area contributed by atoms with Crippen molar-refractivity contribution in [3.8, 4) is 0 Å². The first-order chi connectivity index (χ1) is 10.2. The van der Waals surface area contributed by atoms with Gasteiger partial charge in [-0.3, -0.25) is 0 Å². The largest absolute Gasteiger partial charge is 0.316 e. The van der Waals surface area contributed by atoms with Crippen molar-refractivity contribution < 1.29 is 0 Å². The molecule has 0 radical (unpaired) electrons. The number of likely N-dealkylation sites (tertiary alicyclic amines) is 2. The van der Waals surface area contributed by atoms with Crippen LogP contribution >= 0.6 is 0 Å². The summed E-state index contributed by atoms with van der Waals surface area (Å²) in [4.78, 5) is 5.35. The van der Waals surface area contributed by atoms with Gasteiger partial charge in [0.1, 0.15) is 0 Å². The molecule has 2 heterocycles. The molecule has 2 fully saturated rings. The summed E-state index contributed by atoms with van der Waals surface area (Å²) < 4.78 is 0. The minimum Gasteiger partial charge on any atom is -0.316 e. The van der Waals surface area contributed by atoms with Crippen LogP contribution in [0.2, 0.25) is 0 Å². The molecule has 0 amide bonds. The molecule has 0 aromatic rings. The molecule has 21 heavy (non-hydrogen) atoms. The van der Waals surface area contributed by atoms with Gasteiger partial charge in [0, 0.05) is 12.6 Å². The molecular formula is C18H37N3. The second-order valence-electron chi connectivity index (χ2n) is 7.70. The van der Waals surface area contributed by atoms with Crippen molar-refractivity contribution in [2.24, 2.45) is 11.8 Å². The van der Waals surface area contributed by atoms with Crippen molar-refractivity contribution in [1.82, 2.24) is 15.1 Å². The highest BCUT2D eigenvalue weighted by atomic mass is 15.2. The lowest BCUT2D eigenvalue weighted by Crippen LogP contribution is -2.52. The Hall–Kier alpha value is -0.120. The van der Waals surface area contributed by atoms with Crippen LogP contribution in [0.25, 0.3) is 0 Å². The molecule has 0 spiro atoms. The molecule has 2 aliphatic rings. The molecule has 2 unspecified atom stereocenters. The third-order valence-electron chi connectivity index (χ3n) is 5.31. The van der Waals surface area contributed by atoms with Crippen LogP contribution in [0.15, 0.2) is 0 Å². The van der Waals surface area contributed by atoms with Crippen LogP contribution < -0.4 is 5.32 Å². The summed E-state index contributed by atoms with van der Waals surface area (Å²) in [5, 5.41) is 3.55. The Morgan fingerprint density at radius 1 is 1.10 bits per heavy atom. The summed E-state index contributed by atoms with van der Waals surface area (Å²) in [6, 6.07) is 0.884. The Kier molecular flexibility index (Phi) is 7.48. The number of nitrogens with zero attached hydrogens (tertiary/aromatic N) is 2. The number of fused-ring (bicyclic) bond motifs is 1. The maximum atomic E-state index is 3.55. The number of nitrogens with one attached hydrogen (secondary N) is 1. The second-order valence-corrected chi connectivity index (χ2v) is 7.70. The molecule has 1 N–H and O–H groups in total. The van der Waals surface area contributed by atoms with Crippen LogP contribution in [-0.2, 0) is 0 Å². The van der Waals surface area contributed by atoms with E-state index in [2.05, 4.69) is 36.0 Å². The molecule has 3 heteroatoms. The Morgan fingerprint density at radius 2 is 1.95 bits per heavy atom. The van der Waals surface area contributed by atoms with E-state index in [-0.39, 0.29) is 0 Å². The van der Waals surface area contributed by atoms with Gasteiger partial charge < -0.3 is 15.1 Å². The van der Waals surface area contributed by atoms with E-state index in [1.54, 1.807) is 0 Å². The van der Waals surface area contributed by atoms with Crippen LogP contribution in [0.4, 0.5) is 0 Å². The van der Waals surface area contributed by atoms with E-state index in [0.717, 1.165) is 17.9 Å². The predicted molar refractivity (Wildman–Crippen MR) is 91.8 cm³/mol. The van der Waals surface area contributed by atoms with Crippen LogP contribution in [0.1, 0.15) is 52.4 Å². The fourth-order valence-electron chi connectivity index (χ4n) is 4.08. The fourth-order valence-corrected chi connectivity index (χ4v) is 4.08. The summed E-state index contributed by atoms with van der Waals surface area (Å²) >= 11 is 0. The number of hydrogen-bond acceptors (Lipinski definition) is 3. The third-order valence-corrected chi connectivity index (χ3v) is 5.31. The highest BCUT2D eigenvalue weighted by molar-refractivity contribution is 4.89. The number of unbranched alkanes of at least 4 members (excludes halogenated alkanes) is 2. The smallest absolute Gasteiger partial charge is 0.0145 e. The average Bonchev–Trinajstić information content (AvgIpc) is 2.46. The topological polar surface area (TPSA) is 18.5 Å². The zero-order valence-electron chi connectivity index (χ0n) is 14.6. The lowest BCUT2D eigenvalue weighted by atomic mass is 9.84. The molecule has 2 saturated heterocycles. The van der Waals surface area contributed by atoms with Crippen molar-refractivity contribution in [1.29, 1.82) is 0 Å². The monoisotopic (exact) mass is 295 g/mol. The SMILES string of the molecule is CC(C)CNCCCCCN1CCC2C(CCCN2C)C1. The van der Waals surface area contributed by atoms with Gasteiger partial charge in [0.15, 0.2) is 0 Å². The quantitative estimate of drug-likeness (QED) is 0.695. The van der Waals surface area contributed by atoms with Gasteiger partial charge in [-0.1, -0.05) is 20.3 Å². The zero-order chi connectivity index (χ0) is 15.1. The van der Waals surface area contributed by atoms with E-state index < -0.39 is 0 Å². The molecule has 0 aromatic heterocycles. The number of rotatable bonds is 8. The summed E-state index contributed by atoms with van der Waals surface area (Å²) in [5.41, 5.74) is 0. The maximum Gasteiger partial charge on any atom is 0.0145 e. The molecular weight excluding hydrogens is 258 g/mol. The Bertz CT molecular complexity index is 280. The van der Waals surface area contributed by atoms with Crippen molar-refractivity contribution >= 4 is 0 Å². The van der Waals surface area contributed by atoms with E-state index in [9.17, 15) is 0 Å². The lowest BCUT2D eigenvalue weighted by Gasteiger charge is -2.46. The number of hydrogen-bond donors (Lipinski definition) is 1. The molecule has 0 saturated carbocycles. The summed E-state index contributed by atoms with van der Waals surface area (Å²) in [5.74, 6) is 1.73. The van der Waals surface area contributed by atoms with E-state index >= 15 is 0 Å². The highest BCUT2D eigenvalue weighted by Crippen LogP contribution is 2.29. The second kappa shape index (κ2) is 9.12. The van der Waals surface area contributed by atoms with Gasteiger partial charge in [0.05, 0.1) is 0 Å². The minimum absolute atomic E-state index is 0.778. The molecule has 3 nitrogen and oxygen atoms in total. The Labute approximate surface area is 132 Å². The van der Waals surface area contributed by atoms with Crippen LogP contribution in [0.3, 0.4) is 0 Å². The van der Waals surface area contributed by atoms with E-state index in [1.165, 1.54) is 77.8 Å². The molecule has 0 bridgehead atoms. The van der Waals surface area contributed by atoms with E-state index in [4.69, 9.17) is 0 Å². The van der Waals surface area contributed by atoms with Crippen molar-refractivity contribution in [3.05, 3.63) is 0 Å². The summed E-state index contributed by atoms with van der Waals surface area (Å²) in [7, 11) is 2.33. The van der Waals surface area contributed by atoms with Crippen LogP contribution in [0, 0.1) is 11.8 Å². The van der Waals surface area contributed by atoms with Gasteiger partial charge in [-0.15, -0.1) is 0 Å². The average molecular weight is 296 g/mol. The highest BCUT2D eigenvalue weighted by Gasteiger charge is 2.33. The van der Waals surface area contributed by atoms with Gasteiger partial charge in [-0.25, -0.2) is 0 Å². The van der Waals surface area contributed by atoms with Gasteiger partial charge in [-0.2, -0.15) is 0 Å². The predicted octanol–water partition coefficient (Wildman–Crippen LogP) is 2.82. The minimum atomic E-state index is 0.778. The Balaban J connectivity index is 1.52.